The van der Waals surface area contributed by atoms with Crippen molar-refractivity contribution < 1.29 is 24.3 Å². The van der Waals surface area contributed by atoms with Gasteiger partial charge >= 0.3 is 0 Å². The molecule has 0 aromatic heterocycles. The Balaban J connectivity index is 2.19. The summed E-state index contributed by atoms with van der Waals surface area (Å²) in [5, 5.41) is 20.8. The number of aliphatic hydroxyl groups excluding tert-OH is 1. The first-order chi connectivity index (χ1) is 9.30. The molecule has 0 amide bonds. The number of nitro groups is 1. The molecule has 1 N–H and O–H groups in total. The van der Waals surface area contributed by atoms with Gasteiger partial charge in [0.2, 0.25) is 0 Å². The summed E-state index contributed by atoms with van der Waals surface area (Å²) in [7, 11) is 0. The molecule has 1 aromatic rings. The van der Waals surface area contributed by atoms with E-state index in [1.54, 1.807) is 13.8 Å². The normalized spacial score (nSPS) is 23.4. The molecule has 7 heteroatoms. The van der Waals surface area contributed by atoms with Crippen molar-refractivity contribution in [3.05, 3.63) is 39.9 Å². The molecule has 1 aliphatic rings. The number of hydrogen-bond donors (Lipinski definition) is 1. The van der Waals surface area contributed by atoms with Gasteiger partial charge in [-0.2, -0.15) is 0 Å². The van der Waals surface area contributed by atoms with Gasteiger partial charge in [-0.1, -0.05) is 0 Å². The highest BCUT2D eigenvalue weighted by Gasteiger charge is 2.39. The van der Waals surface area contributed by atoms with Gasteiger partial charge in [-0.05, 0) is 31.5 Å². The van der Waals surface area contributed by atoms with Crippen molar-refractivity contribution >= 4 is 11.5 Å². The second-order valence-electron chi connectivity index (χ2n) is 4.99. The summed E-state index contributed by atoms with van der Waals surface area (Å²) >= 11 is 0. The van der Waals surface area contributed by atoms with Crippen molar-refractivity contribution in [2.75, 3.05) is 6.61 Å². The minimum Gasteiger partial charge on any atom is -0.385 e. The van der Waals surface area contributed by atoms with Crippen LogP contribution in [-0.4, -0.2) is 34.3 Å². The van der Waals surface area contributed by atoms with E-state index in [9.17, 15) is 20.0 Å². The third-order valence-corrected chi connectivity index (χ3v) is 3.02. The maximum Gasteiger partial charge on any atom is 0.269 e. The van der Waals surface area contributed by atoms with E-state index in [-0.39, 0.29) is 18.1 Å². The summed E-state index contributed by atoms with van der Waals surface area (Å²) < 4.78 is 10.6. The molecular formula is C13H15NO6. The highest BCUT2D eigenvalue weighted by Crippen LogP contribution is 2.29. The summed E-state index contributed by atoms with van der Waals surface area (Å²) in [6.45, 7) is 3.16. The molecule has 2 unspecified atom stereocenters. The van der Waals surface area contributed by atoms with Crippen molar-refractivity contribution in [1.29, 1.82) is 0 Å². The Morgan fingerprint density at radius 2 is 2.00 bits per heavy atom. The topological polar surface area (TPSA) is 98.9 Å². The van der Waals surface area contributed by atoms with E-state index in [0.29, 0.717) is 5.56 Å². The van der Waals surface area contributed by atoms with E-state index in [0.717, 1.165) is 0 Å². The van der Waals surface area contributed by atoms with Crippen molar-refractivity contribution in [2.45, 2.75) is 31.8 Å². The zero-order chi connectivity index (χ0) is 14.9. The number of carbonyl (C=O) groups is 1. The van der Waals surface area contributed by atoms with Gasteiger partial charge in [-0.25, -0.2) is 0 Å². The van der Waals surface area contributed by atoms with Gasteiger partial charge in [0.05, 0.1) is 4.92 Å². The molecule has 0 spiro atoms. The summed E-state index contributed by atoms with van der Waals surface area (Å²) in [5.74, 6) is -1.32. The van der Waals surface area contributed by atoms with Gasteiger partial charge < -0.3 is 14.6 Å². The highest BCUT2D eigenvalue weighted by atomic mass is 16.7. The Morgan fingerprint density at radius 3 is 2.55 bits per heavy atom. The number of benzene rings is 1. The minimum atomic E-state index is -1.19. The largest absolute Gasteiger partial charge is 0.385 e. The van der Waals surface area contributed by atoms with Crippen molar-refractivity contribution in [2.24, 2.45) is 0 Å². The fraction of sp³-hybridized carbons (Fsp3) is 0.462. The van der Waals surface area contributed by atoms with E-state index in [1.165, 1.54) is 24.3 Å². The zero-order valence-corrected chi connectivity index (χ0v) is 11.1. The molecule has 7 nitrogen and oxygen atoms in total. The number of carbonyl (C=O) groups excluding carboxylic acids is 1. The zero-order valence-electron chi connectivity index (χ0n) is 11.1. The molecule has 0 aliphatic carbocycles. The first kappa shape index (κ1) is 14.6. The van der Waals surface area contributed by atoms with E-state index in [4.69, 9.17) is 9.47 Å². The molecule has 1 saturated heterocycles. The van der Waals surface area contributed by atoms with Crippen molar-refractivity contribution in [1.82, 2.24) is 0 Å². The Morgan fingerprint density at radius 1 is 1.40 bits per heavy atom. The Kier molecular flexibility index (Phi) is 3.85. The van der Waals surface area contributed by atoms with Crippen LogP contribution in [0.5, 0.6) is 0 Å². The number of Topliss-reactive ketones (excluding diaryl/α,β-unsaturated/α-hetero) is 1. The fourth-order valence-corrected chi connectivity index (χ4v) is 1.94. The molecule has 2 atom stereocenters. The molecular weight excluding hydrogens is 266 g/mol. The van der Waals surface area contributed by atoms with Crippen LogP contribution in [0.3, 0.4) is 0 Å². The Labute approximate surface area is 115 Å². The molecule has 0 bridgehead atoms. The maximum atomic E-state index is 11.8. The first-order valence-corrected chi connectivity index (χ1v) is 6.07. The van der Waals surface area contributed by atoms with Gasteiger partial charge in [-0.3, -0.25) is 14.9 Å². The predicted molar refractivity (Wildman–Crippen MR) is 68.0 cm³/mol. The second-order valence-corrected chi connectivity index (χ2v) is 4.99. The number of hydrogen-bond acceptors (Lipinski definition) is 6. The monoisotopic (exact) mass is 281 g/mol. The van der Waals surface area contributed by atoms with Gasteiger partial charge in [0.1, 0.15) is 12.7 Å². The van der Waals surface area contributed by atoms with Crippen LogP contribution in [0.25, 0.3) is 0 Å². The molecule has 20 heavy (non-hydrogen) atoms. The van der Waals surface area contributed by atoms with Crippen LogP contribution in [0.1, 0.15) is 25.5 Å². The van der Waals surface area contributed by atoms with Crippen molar-refractivity contribution in [3.8, 4) is 0 Å². The van der Waals surface area contributed by atoms with Gasteiger partial charge in [-0.15, -0.1) is 0 Å². The number of rotatable bonds is 3. The Hall–Kier alpha value is -1.83. The Bertz CT molecular complexity index is 524. The van der Waals surface area contributed by atoms with E-state index in [2.05, 4.69) is 0 Å². The SMILES string of the molecule is CC1(C)OCC(=O)C(C(O)c2ccc([N+](=O)[O-])cc2)O1. The molecule has 108 valence electrons. The van der Waals surface area contributed by atoms with Gasteiger partial charge in [0.25, 0.3) is 5.69 Å². The number of nitro benzene ring substituents is 1. The van der Waals surface area contributed by atoms with Gasteiger partial charge in [0.15, 0.2) is 17.7 Å². The van der Waals surface area contributed by atoms with Crippen molar-refractivity contribution in [3.63, 3.8) is 0 Å². The maximum absolute atomic E-state index is 11.8. The number of non-ortho nitro benzene ring substituents is 1. The highest BCUT2D eigenvalue weighted by molar-refractivity contribution is 5.85. The summed E-state index contributed by atoms with van der Waals surface area (Å²) in [6.07, 6.45) is -2.23. The average molecular weight is 281 g/mol. The fourth-order valence-electron chi connectivity index (χ4n) is 1.94. The van der Waals surface area contributed by atoms with Crippen LogP contribution in [0, 0.1) is 10.1 Å². The lowest BCUT2D eigenvalue weighted by Crippen LogP contribution is -2.48. The molecule has 2 rings (SSSR count). The first-order valence-electron chi connectivity index (χ1n) is 6.07. The third-order valence-electron chi connectivity index (χ3n) is 3.02. The quantitative estimate of drug-likeness (QED) is 0.663. The summed E-state index contributed by atoms with van der Waals surface area (Å²) in [4.78, 5) is 21.8. The average Bonchev–Trinajstić information content (AvgIpc) is 2.41. The van der Waals surface area contributed by atoms with E-state index in [1.807, 2.05) is 0 Å². The van der Waals surface area contributed by atoms with Crippen LogP contribution in [0.2, 0.25) is 0 Å². The van der Waals surface area contributed by atoms with Crippen LogP contribution in [0.4, 0.5) is 5.69 Å². The molecule has 1 fully saturated rings. The number of ether oxygens (including phenoxy) is 2. The lowest BCUT2D eigenvalue weighted by Gasteiger charge is -2.36. The standard InChI is InChI=1S/C13H15NO6/c1-13(2)19-7-10(15)12(20-13)11(16)8-3-5-9(6-4-8)14(17)18/h3-6,11-12,16H,7H2,1-2H3. The lowest BCUT2D eigenvalue weighted by molar-refractivity contribution is -0.384. The number of ketones is 1. The lowest BCUT2D eigenvalue weighted by atomic mass is 10.00. The smallest absolute Gasteiger partial charge is 0.269 e. The summed E-state index contributed by atoms with van der Waals surface area (Å²) in [5.41, 5.74) is 0.298. The van der Waals surface area contributed by atoms with Crippen LogP contribution < -0.4 is 0 Å². The van der Waals surface area contributed by atoms with E-state index < -0.39 is 22.9 Å². The van der Waals surface area contributed by atoms with Crippen LogP contribution >= 0.6 is 0 Å². The van der Waals surface area contributed by atoms with Crippen LogP contribution in [0.15, 0.2) is 24.3 Å². The molecule has 1 aliphatic heterocycles. The summed E-state index contributed by atoms with van der Waals surface area (Å²) in [6, 6.07) is 5.35. The molecule has 0 radical (unpaired) electrons. The van der Waals surface area contributed by atoms with E-state index >= 15 is 0 Å². The van der Waals surface area contributed by atoms with Gasteiger partial charge in [0, 0.05) is 12.1 Å². The predicted octanol–water partition coefficient (Wildman–Crippen LogP) is 1.35. The second kappa shape index (κ2) is 5.28. The third kappa shape index (κ3) is 3.01. The molecule has 1 aromatic carbocycles. The molecule has 0 saturated carbocycles. The van der Waals surface area contributed by atoms with Crippen LogP contribution in [-0.2, 0) is 14.3 Å². The number of aliphatic hydroxyl groups is 1. The minimum absolute atomic E-state index is 0.0829. The molecule has 1 heterocycles. The number of nitrogens with zero attached hydrogens (tertiary/aromatic N) is 1.